The van der Waals surface area contributed by atoms with Crippen molar-refractivity contribution in [1.82, 2.24) is 5.32 Å². The van der Waals surface area contributed by atoms with Crippen LogP contribution in [-0.4, -0.2) is 12.6 Å². The third-order valence-electron chi connectivity index (χ3n) is 3.71. The second kappa shape index (κ2) is 5.18. The monoisotopic (exact) mass is 235 g/mol. The maximum absolute atomic E-state index is 13.4. The van der Waals surface area contributed by atoms with Crippen LogP contribution in [0, 0.1) is 18.7 Å². The zero-order chi connectivity index (χ0) is 12.4. The molecule has 1 fully saturated rings. The van der Waals surface area contributed by atoms with E-state index in [1.807, 2.05) is 6.07 Å². The molecular formula is C15H22FN. The highest BCUT2D eigenvalue weighted by Crippen LogP contribution is 2.33. The topological polar surface area (TPSA) is 12.0 Å². The van der Waals surface area contributed by atoms with Crippen molar-refractivity contribution < 1.29 is 4.39 Å². The van der Waals surface area contributed by atoms with Crippen LogP contribution >= 0.6 is 0 Å². The molecule has 94 valence electrons. The Morgan fingerprint density at radius 1 is 1.41 bits per heavy atom. The summed E-state index contributed by atoms with van der Waals surface area (Å²) in [5, 5.41) is 3.56. The zero-order valence-electron chi connectivity index (χ0n) is 11.0. The van der Waals surface area contributed by atoms with Crippen LogP contribution in [0.3, 0.4) is 0 Å². The Kier molecular flexibility index (Phi) is 3.82. The standard InChI is InChI=1S/C15H22FN/c1-10(2)8-15-13(6-7-17-15)14-9-12(16)5-4-11(14)3/h4-5,9-10,13,15,17H,6-8H2,1-3H3. The number of rotatable bonds is 3. The molecular weight excluding hydrogens is 213 g/mol. The third kappa shape index (κ3) is 2.86. The Labute approximate surface area is 103 Å². The van der Waals surface area contributed by atoms with E-state index in [4.69, 9.17) is 0 Å². The molecule has 0 radical (unpaired) electrons. The molecule has 1 N–H and O–H groups in total. The van der Waals surface area contributed by atoms with Crippen LogP contribution in [0.25, 0.3) is 0 Å². The number of nitrogens with one attached hydrogen (secondary N) is 1. The molecule has 2 unspecified atom stereocenters. The summed E-state index contributed by atoms with van der Waals surface area (Å²) in [5.74, 6) is 1.05. The van der Waals surface area contributed by atoms with Gasteiger partial charge in [0.2, 0.25) is 0 Å². The van der Waals surface area contributed by atoms with Crippen molar-refractivity contribution >= 4 is 0 Å². The second-order valence-electron chi connectivity index (χ2n) is 5.59. The summed E-state index contributed by atoms with van der Waals surface area (Å²) in [6.45, 7) is 7.63. The van der Waals surface area contributed by atoms with E-state index < -0.39 is 0 Å². The second-order valence-corrected chi connectivity index (χ2v) is 5.59. The minimum Gasteiger partial charge on any atom is -0.313 e. The molecule has 2 heteroatoms. The van der Waals surface area contributed by atoms with Gasteiger partial charge in [-0.3, -0.25) is 0 Å². The van der Waals surface area contributed by atoms with Crippen LogP contribution in [0.4, 0.5) is 4.39 Å². The minimum absolute atomic E-state index is 0.110. The lowest BCUT2D eigenvalue weighted by Gasteiger charge is -2.23. The highest BCUT2D eigenvalue weighted by atomic mass is 19.1. The molecule has 2 atom stereocenters. The van der Waals surface area contributed by atoms with Gasteiger partial charge in [0.25, 0.3) is 0 Å². The lowest BCUT2D eigenvalue weighted by atomic mass is 9.85. The predicted molar refractivity (Wildman–Crippen MR) is 69.7 cm³/mol. The van der Waals surface area contributed by atoms with Crippen LogP contribution in [0.15, 0.2) is 18.2 Å². The van der Waals surface area contributed by atoms with Crippen molar-refractivity contribution in [3.63, 3.8) is 0 Å². The maximum atomic E-state index is 13.4. The van der Waals surface area contributed by atoms with Gasteiger partial charge in [-0.15, -0.1) is 0 Å². The number of halogens is 1. The summed E-state index contributed by atoms with van der Waals surface area (Å²) in [6.07, 6.45) is 2.29. The molecule has 2 rings (SSSR count). The first-order valence-corrected chi connectivity index (χ1v) is 6.57. The van der Waals surface area contributed by atoms with Crippen LogP contribution in [-0.2, 0) is 0 Å². The highest BCUT2D eigenvalue weighted by Gasteiger charge is 2.29. The largest absolute Gasteiger partial charge is 0.313 e. The first-order valence-electron chi connectivity index (χ1n) is 6.57. The third-order valence-corrected chi connectivity index (χ3v) is 3.71. The van der Waals surface area contributed by atoms with Crippen LogP contribution in [0.2, 0.25) is 0 Å². The Hall–Kier alpha value is -0.890. The van der Waals surface area contributed by atoms with Gasteiger partial charge in [0.1, 0.15) is 5.82 Å². The lowest BCUT2D eigenvalue weighted by Crippen LogP contribution is -2.27. The van der Waals surface area contributed by atoms with Crippen LogP contribution in [0.1, 0.15) is 43.7 Å². The van der Waals surface area contributed by atoms with Gasteiger partial charge in [0.15, 0.2) is 0 Å². The van der Waals surface area contributed by atoms with E-state index in [0.29, 0.717) is 17.9 Å². The molecule has 1 aliphatic rings. The molecule has 1 aliphatic heterocycles. The summed E-state index contributed by atoms with van der Waals surface area (Å²) in [7, 11) is 0. The molecule has 0 bridgehead atoms. The summed E-state index contributed by atoms with van der Waals surface area (Å²) >= 11 is 0. The number of benzene rings is 1. The van der Waals surface area contributed by atoms with Crippen molar-refractivity contribution in [2.45, 2.75) is 45.6 Å². The Morgan fingerprint density at radius 3 is 2.88 bits per heavy atom. The zero-order valence-corrected chi connectivity index (χ0v) is 11.0. The van der Waals surface area contributed by atoms with Gasteiger partial charge in [-0.25, -0.2) is 4.39 Å². The highest BCUT2D eigenvalue weighted by molar-refractivity contribution is 5.32. The fourth-order valence-electron chi connectivity index (χ4n) is 2.91. The van der Waals surface area contributed by atoms with Gasteiger partial charge in [0.05, 0.1) is 0 Å². The van der Waals surface area contributed by atoms with Gasteiger partial charge >= 0.3 is 0 Å². The first-order chi connectivity index (χ1) is 8.08. The van der Waals surface area contributed by atoms with Gasteiger partial charge < -0.3 is 5.32 Å². The summed E-state index contributed by atoms with van der Waals surface area (Å²) in [5.41, 5.74) is 2.41. The first kappa shape index (κ1) is 12.6. The maximum Gasteiger partial charge on any atom is 0.123 e. The number of aryl methyl sites for hydroxylation is 1. The predicted octanol–water partition coefficient (Wildman–Crippen LogP) is 3.63. The summed E-state index contributed by atoms with van der Waals surface area (Å²) < 4.78 is 13.4. The Bertz CT molecular complexity index is 387. The minimum atomic E-state index is -0.110. The van der Waals surface area contributed by atoms with E-state index in [2.05, 4.69) is 26.1 Å². The Balaban J connectivity index is 2.22. The van der Waals surface area contributed by atoms with Crippen molar-refractivity contribution in [3.8, 4) is 0 Å². The van der Waals surface area contributed by atoms with E-state index in [1.54, 1.807) is 12.1 Å². The average Bonchev–Trinajstić information content (AvgIpc) is 2.69. The van der Waals surface area contributed by atoms with Gasteiger partial charge in [-0.2, -0.15) is 0 Å². The average molecular weight is 235 g/mol. The molecule has 1 saturated heterocycles. The van der Waals surface area contributed by atoms with Gasteiger partial charge in [-0.1, -0.05) is 19.9 Å². The molecule has 17 heavy (non-hydrogen) atoms. The van der Waals surface area contributed by atoms with Crippen molar-refractivity contribution in [2.24, 2.45) is 5.92 Å². The fourth-order valence-corrected chi connectivity index (χ4v) is 2.91. The van der Waals surface area contributed by atoms with Crippen molar-refractivity contribution in [3.05, 3.63) is 35.1 Å². The molecule has 0 aliphatic carbocycles. The molecule has 1 aromatic carbocycles. The molecule has 0 spiro atoms. The summed E-state index contributed by atoms with van der Waals surface area (Å²) in [6, 6.07) is 5.68. The molecule has 1 aromatic rings. The quantitative estimate of drug-likeness (QED) is 0.843. The molecule has 1 nitrogen and oxygen atoms in total. The fraction of sp³-hybridized carbons (Fsp3) is 0.600. The van der Waals surface area contributed by atoms with E-state index >= 15 is 0 Å². The Morgan fingerprint density at radius 2 is 2.18 bits per heavy atom. The van der Waals surface area contributed by atoms with Crippen LogP contribution < -0.4 is 5.32 Å². The lowest BCUT2D eigenvalue weighted by molar-refractivity contribution is 0.432. The van der Waals surface area contributed by atoms with Gasteiger partial charge in [0, 0.05) is 12.0 Å². The molecule has 1 heterocycles. The van der Waals surface area contributed by atoms with E-state index in [-0.39, 0.29) is 5.82 Å². The summed E-state index contributed by atoms with van der Waals surface area (Å²) in [4.78, 5) is 0. The molecule has 0 amide bonds. The van der Waals surface area contributed by atoms with Gasteiger partial charge in [-0.05, 0) is 55.5 Å². The normalized spacial score (nSPS) is 24.5. The van der Waals surface area contributed by atoms with Crippen molar-refractivity contribution in [2.75, 3.05) is 6.54 Å². The molecule has 0 saturated carbocycles. The number of hydrogen-bond acceptors (Lipinski definition) is 1. The van der Waals surface area contributed by atoms with E-state index in [0.717, 1.165) is 13.0 Å². The molecule has 0 aromatic heterocycles. The SMILES string of the molecule is Cc1ccc(F)cc1C1CCNC1CC(C)C. The van der Waals surface area contributed by atoms with E-state index in [1.165, 1.54) is 17.5 Å². The number of hydrogen-bond donors (Lipinski definition) is 1. The smallest absolute Gasteiger partial charge is 0.123 e. The van der Waals surface area contributed by atoms with Crippen LogP contribution in [0.5, 0.6) is 0 Å². The van der Waals surface area contributed by atoms with E-state index in [9.17, 15) is 4.39 Å². The van der Waals surface area contributed by atoms with Crippen molar-refractivity contribution in [1.29, 1.82) is 0 Å².